The number of alkyl carbamates (subject to hydrolysis) is 1. The van der Waals surface area contributed by atoms with Gasteiger partial charge in [-0.3, -0.25) is 14.4 Å². The van der Waals surface area contributed by atoms with Crippen molar-refractivity contribution in [2.24, 2.45) is 5.41 Å². The van der Waals surface area contributed by atoms with E-state index < -0.39 is 53.4 Å². The minimum atomic E-state index is -1.32. The molecule has 0 radical (unpaired) electrons. The summed E-state index contributed by atoms with van der Waals surface area (Å²) in [5, 5.41) is 5.15. The zero-order valence-corrected chi connectivity index (χ0v) is 25.9. The maximum Gasteiger partial charge on any atom is 0.422 e. The van der Waals surface area contributed by atoms with Gasteiger partial charge in [-0.25, -0.2) is 14.5 Å². The van der Waals surface area contributed by atoms with E-state index in [0.717, 1.165) is 28.0 Å². The van der Waals surface area contributed by atoms with Crippen molar-refractivity contribution < 1.29 is 33.4 Å². The molecule has 236 valence electrons. The van der Waals surface area contributed by atoms with Crippen molar-refractivity contribution >= 4 is 29.8 Å². The Bertz CT molecular complexity index is 1510. The Labute approximate surface area is 263 Å². The van der Waals surface area contributed by atoms with Gasteiger partial charge in [-0.15, -0.1) is 0 Å². The normalized spacial score (nSPS) is 16.8. The average Bonchev–Trinajstić information content (AvgIpc) is 3.27. The third-order valence-electron chi connectivity index (χ3n) is 7.70. The monoisotopic (exact) mass is 613 g/mol. The second-order valence-electron chi connectivity index (χ2n) is 11.8. The van der Waals surface area contributed by atoms with Gasteiger partial charge in [0.1, 0.15) is 11.8 Å². The highest BCUT2D eigenvalue weighted by Gasteiger charge is 2.52. The lowest BCUT2D eigenvalue weighted by atomic mass is 9.90. The molecule has 10 heteroatoms. The number of carbonyl (C=O) groups excluding carboxylic acids is 5. The summed E-state index contributed by atoms with van der Waals surface area (Å²) >= 11 is 0. The number of benzene rings is 3. The van der Waals surface area contributed by atoms with Crippen LogP contribution in [0, 0.1) is 5.41 Å². The SMILES string of the molecule is CCCC[C@H](NC(=O)O[C@@H]1C(=O)N(C(=O)Oc2ccc(-c3ccccc3)cc2)CC1(C)C)C(=O)C(=O)N[C@H](C)c1ccccc1. The number of rotatable bonds is 11. The number of nitrogens with zero attached hydrogens (tertiary/aromatic N) is 1. The van der Waals surface area contributed by atoms with Crippen molar-refractivity contribution in [3.8, 4) is 16.9 Å². The Hall–Kier alpha value is -4.99. The topological polar surface area (TPSA) is 131 Å². The average molecular weight is 614 g/mol. The van der Waals surface area contributed by atoms with E-state index in [-0.39, 0.29) is 18.7 Å². The fourth-order valence-electron chi connectivity index (χ4n) is 5.12. The van der Waals surface area contributed by atoms with E-state index in [1.165, 1.54) is 0 Å². The van der Waals surface area contributed by atoms with E-state index >= 15 is 0 Å². The van der Waals surface area contributed by atoms with Crippen LogP contribution in [0.2, 0.25) is 0 Å². The molecule has 45 heavy (non-hydrogen) atoms. The van der Waals surface area contributed by atoms with Crippen LogP contribution >= 0.6 is 0 Å². The highest BCUT2D eigenvalue weighted by molar-refractivity contribution is 6.38. The molecule has 1 aliphatic heterocycles. The van der Waals surface area contributed by atoms with Gasteiger partial charge in [0.15, 0.2) is 6.10 Å². The summed E-state index contributed by atoms with van der Waals surface area (Å²) in [6.45, 7) is 6.99. The predicted octanol–water partition coefficient (Wildman–Crippen LogP) is 5.82. The van der Waals surface area contributed by atoms with E-state index in [0.29, 0.717) is 6.42 Å². The largest absolute Gasteiger partial charge is 0.435 e. The third kappa shape index (κ3) is 8.35. The summed E-state index contributed by atoms with van der Waals surface area (Å²) < 4.78 is 10.9. The molecule has 0 unspecified atom stereocenters. The van der Waals surface area contributed by atoms with Gasteiger partial charge in [-0.05, 0) is 42.2 Å². The molecule has 0 saturated carbocycles. The number of likely N-dealkylation sites (tertiary alicyclic amines) is 1. The molecule has 3 atom stereocenters. The first-order valence-corrected chi connectivity index (χ1v) is 15.1. The lowest BCUT2D eigenvalue weighted by Gasteiger charge is -2.25. The Kier molecular flexibility index (Phi) is 10.7. The fraction of sp³-hybridized carbons (Fsp3) is 0.343. The summed E-state index contributed by atoms with van der Waals surface area (Å²) in [7, 11) is 0. The number of carbonyl (C=O) groups is 5. The van der Waals surface area contributed by atoms with Gasteiger partial charge in [0, 0.05) is 12.0 Å². The molecule has 0 spiro atoms. The van der Waals surface area contributed by atoms with Crippen molar-refractivity contribution in [1.29, 1.82) is 0 Å². The lowest BCUT2D eigenvalue weighted by Crippen LogP contribution is -2.49. The molecular formula is C35H39N3O7. The van der Waals surface area contributed by atoms with Gasteiger partial charge in [0.05, 0.1) is 6.04 Å². The third-order valence-corrected chi connectivity index (χ3v) is 7.70. The maximum absolute atomic E-state index is 13.3. The molecule has 1 aliphatic rings. The van der Waals surface area contributed by atoms with E-state index in [1.807, 2.05) is 79.7 Å². The molecule has 0 bridgehead atoms. The molecule has 1 fully saturated rings. The number of Topliss-reactive ketones (excluding diaryl/α,β-unsaturated/α-hetero) is 1. The summed E-state index contributed by atoms with van der Waals surface area (Å²) in [5.74, 6) is -2.14. The second-order valence-corrected chi connectivity index (χ2v) is 11.8. The van der Waals surface area contributed by atoms with Crippen LogP contribution in [0.25, 0.3) is 11.1 Å². The molecule has 3 aromatic carbocycles. The van der Waals surface area contributed by atoms with E-state index in [9.17, 15) is 24.0 Å². The van der Waals surface area contributed by atoms with Crippen LogP contribution < -0.4 is 15.4 Å². The predicted molar refractivity (Wildman–Crippen MR) is 168 cm³/mol. The van der Waals surface area contributed by atoms with E-state index in [4.69, 9.17) is 9.47 Å². The molecule has 10 nitrogen and oxygen atoms in total. The molecular weight excluding hydrogens is 574 g/mol. The van der Waals surface area contributed by atoms with Crippen LogP contribution in [0.4, 0.5) is 9.59 Å². The maximum atomic E-state index is 13.3. The molecule has 2 N–H and O–H groups in total. The number of ketones is 1. The van der Waals surface area contributed by atoms with Crippen molar-refractivity contribution in [3.05, 3.63) is 90.5 Å². The number of hydrogen-bond donors (Lipinski definition) is 2. The van der Waals surface area contributed by atoms with Gasteiger partial charge in [-0.2, -0.15) is 0 Å². The summed E-state index contributed by atoms with van der Waals surface area (Å²) in [6.07, 6.45) is -1.75. The minimum absolute atomic E-state index is 0.0529. The number of hydrogen-bond acceptors (Lipinski definition) is 7. The summed E-state index contributed by atoms with van der Waals surface area (Å²) in [6, 6.07) is 24.2. The smallest absolute Gasteiger partial charge is 0.422 e. The number of unbranched alkanes of at least 4 members (excludes halogenated alkanes) is 1. The van der Waals surface area contributed by atoms with Crippen molar-refractivity contribution in [3.63, 3.8) is 0 Å². The van der Waals surface area contributed by atoms with E-state index in [2.05, 4.69) is 10.6 Å². The van der Waals surface area contributed by atoms with E-state index in [1.54, 1.807) is 32.9 Å². The van der Waals surface area contributed by atoms with Crippen molar-refractivity contribution in [2.75, 3.05) is 6.54 Å². The zero-order chi connectivity index (χ0) is 32.6. The van der Waals surface area contributed by atoms with Crippen LogP contribution in [0.15, 0.2) is 84.9 Å². The Morgan fingerprint density at radius 3 is 2.11 bits per heavy atom. The molecule has 0 aromatic heterocycles. The van der Waals surface area contributed by atoms with Crippen molar-refractivity contribution in [1.82, 2.24) is 15.5 Å². The zero-order valence-electron chi connectivity index (χ0n) is 25.9. The quantitative estimate of drug-likeness (QED) is 0.261. The molecule has 1 saturated heterocycles. The standard InChI is InChI=1S/C35H39N3O7/c1-5-6-17-28(29(39)31(40)36-23(2)24-13-9-7-10-14-24)37-33(42)45-30-32(41)38(22-35(30,3)4)34(43)44-27-20-18-26(19-21-27)25-15-11-8-12-16-25/h7-16,18-21,23,28,30H,5-6,17,22H2,1-4H3,(H,36,40)(H,37,42)/t23-,28+,30-/m1/s1. The van der Waals surface area contributed by atoms with Gasteiger partial charge in [0.2, 0.25) is 5.78 Å². The Morgan fingerprint density at radius 2 is 1.49 bits per heavy atom. The van der Waals surface area contributed by atoms with Gasteiger partial charge in [0.25, 0.3) is 11.8 Å². The van der Waals surface area contributed by atoms with Gasteiger partial charge < -0.3 is 20.1 Å². The van der Waals surface area contributed by atoms with Crippen LogP contribution in [-0.4, -0.2) is 53.4 Å². The van der Waals surface area contributed by atoms with Crippen LogP contribution in [-0.2, 0) is 19.1 Å². The lowest BCUT2D eigenvalue weighted by molar-refractivity contribution is -0.139. The number of ether oxygens (including phenoxy) is 2. The molecule has 1 heterocycles. The van der Waals surface area contributed by atoms with Crippen LogP contribution in [0.1, 0.15) is 58.6 Å². The number of nitrogens with one attached hydrogen (secondary N) is 2. The number of amides is 4. The fourth-order valence-corrected chi connectivity index (χ4v) is 5.12. The summed E-state index contributed by atoms with van der Waals surface area (Å²) in [5.41, 5.74) is 1.82. The molecule has 0 aliphatic carbocycles. The van der Waals surface area contributed by atoms with Crippen molar-refractivity contribution in [2.45, 2.75) is 65.1 Å². The number of imide groups is 1. The molecule has 4 rings (SSSR count). The molecule has 3 aromatic rings. The Morgan fingerprint density at radius 1 is 0.889 bits per heavy atom. The highest BCUT2D eigenvalue weighted by atomic mass is 16.6. The van der Waals surface area contributed by atoms with Crippen LogP contribution in [0.5, 0.6) is 5.75 Å². The highest BCUT2D eigenvalue weighted by Crippen LogP contribution is 2.34. The molecule has 4 amide bonds. The first-order valence-electron chi connectivity index (χ1n) is 15.1. The van der Waals surface area contributed by atoms with Gasteiger partial charge in [-0.1, -0.05) is 106 Å². The Balaban J connectivity index is 1.37. The summed E-state index contributed by atoms with van der Waals surface area (Å²) in [4.78, 5) is 66.0. The van der Waals surface area contributed by atoms with Gasteiger partial charge >= 0.3 is 12.2 Å². The van der Waals surface area contributed by atoms with Crippen LogP contribution in [0.3, 0.4) is 0 Å². The first-order chi connectivity index (χ1) is 21.5. The first kappa shape index (κ1) is 32.9. The second kappa shape index (κ2) is 14.7. The minimum Gasteiger partial charge on any atom is -0.435 e.